The zero-order valence-electron chi connectivity index (χ0n) is 26.2. The Kier molecular flexibility index (Phi) is 7.75. The average Bonchev–Trinajstić information content (AvgIpc) is 3.76. The zero-order chi connectivity index (χ0) is 33.2. The predicted molar refractivity (Wildman–Crippen MR) is 170 cm³/mol. The van der Waals surface area contributed by atoms with E-state index in [9.17, 15) is 14.3 Å². The largest absolute Gasteiger partial charge is 0.493 e. The minimum atomic E-state index is -0.966. The number of aliphatic imine (C=N–C) groups is 1. The van der Waals surface area contributed by atoms with Crippen LogP contribution in [0.4, 0.5) is 23.0 Å². The summed E-state index contributed by atoms with van der Waals surface area (Å²) in [6.07, 6.45) is 2.67. The number of amides is 1. The molecule has 4 aromatic rings. The quantitative estimate of drug-likeness (QED) is 0.228. The van der Waals surface area contributed by atoms with Gasteiger partial charge in [-0.05, 0) is 51.3 Å². The number of thiophene rings is 1. The van der Waals surface area contributed by atoms with Crippen LogP contribution in [0.15, 0.2) is 11.2 Å². The van der Waals surface area contributed by atoms with Gasteiger partial charge in [-0.2, -0.15) is 9.97 Å². The SMILES string of the molecule is C/N=C\c1c(NC(=O)OC(C)(C)C)sc2c(F)cnc(-c3c4c(c5c(O)nc(OC[C@@]67CCCN6C[C@H](F)C7)nc5c3F)COC4)c12. The molecule has 47 heavy (non-hydrogen) atoms. The summed E-state index contributed by atoms with van der Waals surface area (Å²) in [6, 6.07) is -0.252. The Morgan fingerprint density at radius 2 is 2.06 bits per heavy atom. The molecule has 2 saturated heterocycles. The number of hydrogen-bond donors (Lipinski definition) is 2. The van der Waals surface area contributed by atoms with Gasteiger partial charge in [0.25, 0.3) is 0 Å². The van der Waals surface area contributed by atoms with Gasteiger partial charge in [0.05, 0.1) is 40.7 Å². The van der Waals surface area contributed by atoms with E-state index >= 15 is 8.78 Å². The van der Waals surface area contributed by atoms with Gasteiger partial charge in [0.2, 0.25) is 5.88 Å². The van der Waals surface area contributed by atoms with E-state index in [0.717, 1.165) is 36.9 Å². The normalized spacial score (nSPS) is 21.2. The number of halogens is 3. The maximum absolute atomic E-state index is 16.9. The van der Waals surface area contributed by atoms with E-state index in [1.165, 1.54) is 13.3 Å². The number of carbonyl (C=O) groups excluding carboxylic acids is 1. The summed E-state index contributed by atoms with van der Waals surface area (Å²) < 4.78 is 63.7. The molecule has 0 unspecified atom stereocenters. The molecule has 3 aliphatic rings. The van der Waals surface area contributed by atoms with E-state index in [-0.39, 0.29) is 63.1 Å². The molecule has 1 amide bonds. The van der Waals surface area contributed by atoms with Crippen molar-refractivity contribution in [3.05, 3.63) is 34.5 Å². The standard InChI is InChI=1S/C32H33F3N6O5S/c1-31(2,3)46-30(43)40-28-16(9-36-4)21-24(37-10-19(34)26(21)47-28)20-17-12-44-13-18(17)22-25(23(20)35)38-29(39-27(22)42)45-14-32-6-5-7-41(32)11-15(33)8-32/h9-10,15H,5-8,11-14H2,1-4H3,(H,40,43)(H,38,39,42)/b36-9-/t15-,32+/m1/s1. The number of rotatable bonds is 6. The second kappa shape index (κ2) is 11.6. The monoisotopic (exact) mass is 670 g/mol. The molecule has 3 aliphatic heterocycles. The highest BCUT2D eigenvalue weighted by Gasteiger charge is 2.49. The Balaban J connectivity index is 1.37. The van der Waals surface area contributed by atoms with E-state index in [0.29, 0.717) is 29.7 Å². The summed E-state index contributed by atoms with van der Waals surface area (Å²) in [5.74, 6) is -2.00. The van der Waals surface area contributed by atoms with Crippen LogP contribution in [0.3, 0.4) is 0 Å². The Morgan fingerprint density at radius 3 is 2.83 bits per heavy atom. The molecule has 0 aliphatic carbocycles. The smallest absolute Gasteiger partial charge is 0.412 e. The summed E-state index contributed by atoms with van der Waals surface area (Å²) >= 11 is 0.939. The molecule has 2 N–H and O–H groups in total. The van der Waals surface area contributed by atoms with Gasteiger partial charge in [0, 0.05) is 42.7 Å². The van der Waals surface area contributed by atoms with Crippen LogP contribution in [0, 0.1) is 11.6 Å². The molecular formula is C32H33F3N6O5S. The van der Waals surface area contributed by atoms with E-state index in [1.54, 1.807) is 20.8 Å². The maximum Gasteiger partial charge on any atom is 0.412 e. The second-order valence-electron chi connectivity index (χ2n) is 13.1. The molecule has 2 atom stereocenters. The number of anilines is 1. The third-order valence-corrected chi connectivity index (χ3v) is 9.93. The lowest BCUT2D eigenvalue weighted by atomic mass is 9.93. The van der Waals surface area contributed by atoms with Crippen molar-refractivity contribution in [3.63, 3.8) is 0 Å². The summed E-state index contributed by atoms with van der Waals surface area (Å²) in [4.78, 5) is 31.7. The highest BCUT2D eigenvalue weighted by molar-refractivity contribution is 7.23. The first-order valence-electron chi connectivity index (χ1n) is 15.3. The van der Waals surface area contributed by atoms with Crippen molar-refractivity contribution in [2.75, 3.05) is 32.1 Å². The highest BCUT2D eigenvalue weighted by atomic mass is 32.1. The van der Waals surface area contributed by atoms with Gasteiger partial charge < -0.3 is 19.3 Å². The molecule has 3 aromatic heterocycles. The average molecular weight is 671 g/mol. The van der Waals surface area contributed by atoms with Crippen molar-refractivity contribution in [1.82, 2.24) is 19.9 Å². The first-order chi connectivity index (χ1) is 22.4. The Bertz CT molecular complexity index is 1960. The minimum Gasteiger partial charge on any atom is -0.493 e. The van der Waals surface area contributed by atoms with Crippen molar-refractivity contribution >= 4 is 49.6 Å². The van der Waals surface area contributed by atoms with E-state index < -0.39 is 40.9 Å². The predicted octanol–water partition coefficient (Wildman–Crippen LogP) is 6.27. The maximum atomic E-state index is 16.9. The minimum absolute atomic E-state index is 0.00282. The molecule has 15 heteroatoms. The van der Waals surface area contributed by atoms with Gasteiger partial charge in [-0.25, -0.2) is 18.0 Å². The van der Waals surface area contributed by atoms with Crippen LogP contribution >= 0.6 is 11.3 Å². The van der Waals surface area contributed by atoms with Gasteiger partial charge >= 0.3 is 12.1 Å². The number of fused-ring (bicyclic) bond motifs is 5. The Morgan fingerprint density at radius 1 is 1.28 bits per heavy atom. The van der Waals surface area contributed by atoms with Crippen LogP contribution < -0.4 is 10.1 Å². The third kappa shape index (κ3) is 5.43. The van der Waals surface area contributed by atoms with Gasteiger partial charge in [-0.3, -0.25) is 20.2 Å². The fourth-order valence-electron chi connectivity index (χ4n) is 6.97. The van der Waals surface area contributed by atoms with Crippen molar-refractivity contribution < 1.29 is 37.3 Å². The molecule has 0 radical (unpaired) electrons. The molecule has 248 valence electrons. The van der Waals surface area contributed by atoms with Gasteiger partial charge in [-0.15, -0.1) is 11.3 Å². The number of nitrogens with zero attached hydrogens (tertiary/aromatic N) is 5. The molecular weight excluding hydrogens is 637 g/mol. The van der Waals surface area contributed by atoms with Crippen LogP contribution in [0.5, 0.6) is 11.9 Å². The number of aromatic nitrogens is 3. The molecule has 0 saturated carbocycles. The lowest BCUT2D eigenvalue weighted by Crippen LogP contribution is -2.43. The van der Waals surface area contributed by atoms with Crippen LogP contribution in [0.25, 0.3) is 32.2 Å². The molecule has 7 rings (SSSR count). The molecule has 0 spiro atoms. The van der Waals surface area contributed by atoms with Gasteiger partial charge in [0.1, 0.15) is 28.9 Å². The number of alkyl halides is 1. The Labute approximate surface area is 271 Å². The molecule has 6 heterocycles. The molecule has 1 aromatic carbocycles. The van der Waals surface area contributed by atoms with E-state index in [2.05, 4.69) is 30.2 Å². The van der Waals surface area contributed by atoms with E-state index in [1.807, 2.05) is 0 Å². The number of aromatic hydroxyl groups is 1. The Hall–Kier alpha value is -4.08. The summed E-state index contributed by atoms with van der Waals surface area (Å²) in [5, 5.41) is 14.3. The third-order valence-electron chi connectivity index (χ3n) is 8.80. The second-order valence-corrected chi connectivity index (χ2v) is 14.1. The zero-order valence-corrected chi connectivity index (χ0v) is 27.1. The number of pyridine rings is 1. The van der Waals surface area contributed by atoms with Crippen LogP contribution in [0.2, 0.25) is 0 Å². The first kappa shape index (κ1) is 31.5. The molecule has 11 nitrogen and oxygen atoms in total. The number of nitrogens with one attached hydrogen (secondary N) is 1. The van der Waals surface area contributed by atoms with Crippen LogP contribution in [0.1, 0.15) is 56.7 Å². The molecule has 2 fully saturated rings. The lowest BCUT2D eigenvalue weighted by Gasteiger charge is -2.30. The summed E-state index contributed by atoms with van der Waals surface area (Å²) in [7, 11) is 1.51. The number of ether oxygens (including phenoxy) is 3. The van der Waals surface area contributed by atoms with Crippen molar-refractivity contribution in [2.45, 2.75) is 70.6 Å². The van der Waals surface area contributed by atoms with E-state index in [4.69, 9.17) is 14.2 Å². The van der Waals surface area contributed by atoms with Gasteiger partial charge in [-0.1, -0.05) is 0 Å². The van der Waals surface area contributed by atoms with Crippen molar-refractivity contribution in [3.8, 4) is 23.1 Å². The summed E-state index contributed by atoms with van der Waals surface area (Å²) in [6.45, 7) is 6.36. The van der Waals surface area contributed by atoms with Crippen LogP contribution in [-0.4, -0.2) is 81.3 Å². The topological polar surface area (TPSA) is 131 Å². The lowest BCUT2D eigenvalue weighted by molar-refractivity contribution is 0.0636. The summed E-state index contributed by atoms with van der Waals surface area (Å²) in [5.41, 5.74) is -0.270. The number of hydrogen-bond acceptors (Lipinski definition) is 11. The first-order valence-corrected chi connectivity index (χ1v) is 16.1. The fraction of sp³-hybridized carbons (Fsp3) is 0.469. The van der Waals surface area contributed by atoms with Crippen molar-refractivity contribution in [2.24, 2.45) is 4.99 Å². The van der Waals surface area contributed by atoms with Crippen LogP contribution in [-0.2, 0) is 22.7 Å². The molecule has 0 bridgehead atoms. The fourth-order valence-corrected chi connectivity index (χ4v) is 8.04. The number of carbonyl (C=O) groups is 1. The highest BCUT2D eigenvalue weighted by Crippen LogP contribution is 2.47. The number of benzene rings is 1. The van der Waals surface area contributed by atoms with Gasteiger partial charge in [0.15, 0.2) is 11.6 Å². The van der Waals surface area contributed by atoms with Crippen molar-refractivity contribution in [1.29, 1.82) is 0 Å².